The Hall–Kier alpha value is -1.46. The summed E-state index contributed by atoms with van der Waals surface area (Å²) in [5.74, 6) is 0.473. The molecule has 0 bridgehead atoms. The third kappa shape index (κ3) is 2.74. The number of ether oxygens (including phenoxy) is 1. The van der Waals surface area contributed by atoms with E-state index in [0.29, 0.717) is 18.2 Å². The Balaban J connectivity index is 1.93. The van der Waals surface area contributed by atoms with Crippen molar-refractivity contribution in [3.63, 3.8) is 0 Å². The van der Waals surface area contributed by atoms with Crippen LogP contribution in [0.25, 0.3) is 0 Å². The van der Waals surface area contributed by atoms with E-state index in [-0.39, 0.29) is 6.61 Å². The van der Waals surface area contributed by atoms with Crippen LogP contribution in [0.3, 0.4) is 0 Å². The van der Waals surface area contributed by atoms with Gasteiger partial charge in [0.1, 0.15) is 6.61 Å². The van der Waals surface area contributed by atoms with Gasteiger partial charge in [-0.15, -0.1) is 21.5 Å². The fourth-order valence-electron chi connectivity index (χ4n) is 1.05. The minimum atomic E-state index is -0.0990. The third-order valence-corrected chi connectivity index (χ3v) is 2.65. The molecule has 0 aliphatic heterocycles. The zero-order valence-electron chi connectivity index (χ0n) is 7.96. The highest BCUT2D eigenvalue weighted by molar-refractivity contribution is 7.09. The lowest BCUT2D eigenvalue weighted by Crippen LogP contribution is -1.98. The third-order valence-electron chi connectivity index (χ3n) is 1.80. The van der Waals surface area contributed by atoms with Crippen LogP contribution in [0.5, 0.6) is 5.88 Å². The Kier molecular flexibility index (Phi) is 3.26. The van der Waals surface area contributed by atoms with Gasteiger partial charge in [-0.3, -0.25) is 0 Å². The van der Waals surface area contributed by atoms with Crippen molar-refractivity contribution in [2.75, 3.05) is 0 Å². The summed E-state index contributed by atoms with van der Waals surface area (Å²) in [5.41, 5.74) is 0.540. The quantitative estimate of drug-likeness (QED) is 0.853. The maximum Gasteiger partial charge on any atom is 0.233 e. The van der Waals surface area contributed by atoms with Gasteiger partial charge < -0.3 is 9.84 Å². The van der Waals surface area contributed by atoms with Crippen molar-refractivity contribution in [3.8, 4) is 5.88 Å². The highest BCUT2D eigenvalue weighted by Gasteiger charge is 1.99. The monoisotopic (exact) mass is 222 g/mol. The first kappa shape index (κ1) is 10.1. The van der Waals surface area contributed by atoms with Gasteiger partial charge in [0.2, 0.25) is 5.88 Å². The SMILES string of the molecule is OCc1ccc(OCc2cccs2)nn1. The first-order chi connectivity index (χ1) is 7.38. The van der Waals surface area contributed by atoms with Gasteiger partial charge in [-0.1, -0.05) is 6.07 Å². The molecule has 0 aliphatic rings. The molecule has 0 aliphatic carbocycles. The van der Waals surface area contributed by atoms with E-state index in [1.807, 2.05) is 17.5 Å². The van der Waals surface area contributed by atoms with Gasteiger partial charge in [0.15, 0.2) is 0 Å². The van der Waals surface area contributed by atoms with Crippen molar-refractivity contribution in [2.45, 2.75) is 13.2 Å². The molecule has 2 aromatic rings. The van der Waals surface area contributed by atoms with Gasteiger partial charge in [0.25, 0.3) is 0 Å². The number of hydrogen-bond donors (Lipinski definition) is 1. The molecule has 0 saturated heterocycles. The summed E-state index contributed by atoms with van der Waals surface area (Å²) in [6.45, 7) is 0.406. The van der Waals surface area contributed by atoms with E-state index in [1.165, 1.54) is 0 Å². The number of aromatic nitrogens is 2. The predicted octanol–water partition coefficient (Wildman–Crippen LogP) is 1.61. The molecule has 1 N–H and O–H groups in total. The summed E-state index contributed by atoms with van der Waals surface area (Å²) in [4.78, 5) is 1.14. The highest BCUT2D eigenvalue weighted by atomic mass is 32.1. The van der Waals surface area contributed by atoms with Crippen molar-refractivity contribution in [3.05, 3.63) is 40.2 Å². The first-order valence-electron chi connectivity index (χ1n) is 4.47. The average Bonchev–Trinajstić information content (AvgIpc) is 2.80. The maximum atomic E-state index is 8.77. The molecule has 0 aromatic carbocycles. The number of aliphatic hydroxyl groups excluding tert-OH is 1. The van der Waals surface area contributed by atoms with Gasteiger partial charge >= 0.3 is 0 Å². The van der Waals surface area contributed by atoms with Gasteiger partial charge in [0.05, 0.1) is 12.3 Å². The van der Waals surface area contributed by atoms with Crippen LogP contribution >= 0.6 is 11.3 Å². The largest absolute Gasteiger partial charge is 0.471 e. The van der Waals surface area contributed by atoms with E-state index in [2.05, 4.69) is 10.2 Å². The van der Waals surface area contributed by atoms with Crippen molar-refractivity contribution in [1.29, 1.82) is 0 Å². The van der Waals surface area contributed by atoms with Crippen LogP contribution in [0.2, 0.25) is 0 Å². The summed E-state index contributed by atoms with van der Waals surface area (Å²) in [7, 11) is 0. The van der Waals surface area contributed by atoms with E-state index >= 15 is 0 Å². The van der Waals surface area contributed by atoms with Crippen LogP contribution < -0.4 is 4.74 Å². The molecule has 2 aromatic heterocycles. The number of rotatable bonds is 4. The maximum absolute atomic E-state index is 8.77. The topological polar surface area (TPSA) is 55.2 Å². The Morgan fingerprint density at radius 2 is 2.20 bits per heavy atom. The number of thiophene rings is 1. The second kappa shape index (κ2) is 4.86. The lowest BCUT2D eigenvalue weighted by atomic mass is 10.4. The molecule has 2 rings (SSSR count). The lowest BCUT2D eigenvalue weighted by molar-refractivity contribution is 0.269. The van der Waals surface area contributed by atoms with E-state index in [9.17, 15) is 0 Å². The minimum Gasteiger partial charge on any atom is -0.471 e. The summed E-state index contributed by atoms with van der Waals surface area (Å²) >= 11 is 1.64. The Labute approximate surface area is 91.2 Å². The van der Waals surface area contributed by atoms with Crippen LogP contribution in [0.4, 0.5) is 0 Å². The van der Waals surface area contributed by atoms with Crippen molar-refractivity contribution in [1.82, 2.24) is 10.2 Å². The van der Waals surface area contributed by atoms with Crippen molar-refractivity contribution in [2.24, 2.45) is 0 Å². The fraction of sp³-hybridized carbons (Fsp3) is 0.200. The molecule has 4 nitrogen and oxygen atoms in total. The van der Waals surface area contributed by atoms with Crippen molar-refractivity contribution < 1.29 is 9.84 Å². The number of hydrogen-bond acceptors (Lipinski definition) is 5. The predicted molar refractivity (Wildman–Crippen MR) is 56.6 cm³/mol. The Morgan fingerprint density at radius 3 is 2.80 bits per heavy atom. The molecule has 0 atom stereocenters. The second-order valence-corrected chi connectivity index (χ2v) is 3.92. The zero-order chi connectivity index (χ0) is 10.5. The molecule has 78 valence electrons. The van der Waals surface area contributed by atoms with Gasteiger partial charge in [-0.25, -0.2) is 0 Å². The minimum absolute atomic E-state index is 0.0990. The van der Waals surface area contributed by atoms with Gasteiger partial charge in [-0.2, -0.15) is 0 Å². The number of aliphatic hydroxyl groups is 1. The van der Waals surface area contributed by atoms with E-state index in [0.717, 1.165) is 4.88 Å². The molecule has 0 fully saturated rings. The second-order valence-electron chi connectivity index (χ2n) is 2.89. The summed E-state index contributed by atoms with van der Waals surface area (Å²) < 4.78 is 5.41. The van der Waals surface area contributed by atoms with E-state index in [1.54, 1.807) is 23.5 Å². The van der Waals surface area contributed by atoms with Gasteiger partial charge in [-0.05, 0) is 17.5 Å². The van der Waals surface area contributed by atoms with E-state index < -0.39 is 0 Å². The Morgan fingerprint density at radius 1 is 1.27 bits per heavy atom. The lowest BCUT2D eigenvalue weighted by Gasteiger charge is -2.02. The molecule has 5 heteroatoms. The molecular weight excluding hydrogens is 212 g/mol. The van der Waals surface area contributed by atoms with Crippen LogP contribution in [0, 0.1) is 0 Å². The van der Waals surface area contributed by atoms with Gasteiger partial charge in [0, 0.05) is 10.9 Å². The van der Waals surface area contributed by atoms with Crippen LogP contribution in [0.1, 0.15) is 10.6 Å². The molecular formula is C10H10N2O2S. The van der Waals surface area contributed by atoms with E-state index in [4.69, 9.17) is 9.84 Å². The molecule has 15 heavy (non-hydrogen) atoms. The molecule has 0 saturated carbocycles. The molecule has 0 radical (unpaired) electrons. The molecule has 0 amide bonds. The zero-order valence-corrected chi connectivity index (χ0v) is 8.78. The molecule has 2 heterocycles. The Bertz CT molecular complexity index is 400. The first-order valence-corrected chi connectivity index (χ1v) is 5.35. The van der Waals surface area contributed by atoms with Crippen LogP contribution in [0.15, 0.2) is 29.6 Å². The summed E-state index contributed by atoms with van der Waals surface area (Å²) in [5, 5.41) is 18.4. The fourth-order valence-corrected chi connectivity index (χ4v) is 1.66. The highest BCUT2D eigenvalue weighted by Crippen LogP contribution is 2.12. The normalized spacial score (nSPS) is 10.2. The number of nitrogens with zero attached hydrogens (tertiary/aromatic N) is 2. The van der Waals surface area contributed by atoms with Crippen LogP contribution in [-0.2, 0) is 13.2 Å². The molecule has 0 unspecified atom stereocenters. The average molecular weight is 222 g/mol. The summed E-state index contributed by atoms with van der Waals surface area (Å²) in [6.07, 6.45) is 0. The smallest absolute Gasteiger partial charge is 0.233 e. The van der Waals surface area contributed by atoms with Crippen molar-refractivity contribution >= 4 is 11.3 Å². The van der Waals surface area contributed by atoms with Crippen LogP contribution in [-0.4, -0.2) is 15.3 Å². The summed E-state index contributed by atoms with van der Waals surface area (Å²) in [6, 6.07) is 7.37. The standard InChI is InChI=1S/C10H10N2O2S/c13-6-8-3-4-10(12-11-8)14-7-9-2-1-5-15-9/h1-5,13H,6-7H2. The molecule has 0 spiro atoms.